The molecule has 15 heavy (non-hydrogen) atoms. The molecule has 0 saturated heterocycles. The van der Waals surface area contributed by atoms with Crippen molar-refractivity contribution in [2.45, 2.75) is 18.9 Å². The van der Waals surface area contributed by atoms with Crippen LogP contribution in [0.2, 0.25) is 0 Å². The predicted octanol–water partition coefficient (Wildman–Crippen LogP) is 1.08. The third kappa shape index (κ3) is 2.76. The summed E-state index contributed by atoms with van der Waals surface area (Å²) in [6, 6.07) is 5.63. The van der Waals surface area contributed by atoms with E-state index >= 15 is 0 Å². The van der Waals surface area contributed by atoms with Crippen LogP contribution in [0.5, 0.6) is 0 Å². The van der Waals surface area contributed by atoms with Gasteiger partial charge in [0.15, 0.2) is 0 Å². The molecule has 0 aliphatic heterocycles. The summed E-state index contributed by atoms with van der Waals surface area (Å²) < 4.78 is 4.66. The van der Waals surface area contributed by atoms with Crippen LogP contribution in [0.25, 0.3) is 0 Å². The molecule has 0 spiro atoms. The van der Waals surface area contributed by atoms with Gasteiger partial charge in [-0.05, 0) is 26.1 Å². The van der Waals surface area contributed by atoms with E-state index in [4.69, 9.17) is 0 Å². The average molecular weight is 208 g/mol. The topological polar surface area (TPSA) is 51.2 Å². The van der Waals surface area contributed by atoms with Crippen LogP contribution in [0.1, 0.15) is 19.0 Å². The van der Waals surface area contributed by atoms with Crippen LogP contribution >= 0.6 is 0 Å². The molecule has 1 unspecified atom stereocenters. The van der Waals surface area contributed by atoms with Gasteiger partial charge in [0, 0.05) is 6.20 Å². The maximum Gasteiger partial charge on any atom is 0.307 e. The van der Waals surface area contributed by atoms with Gasteiger partial charge in [-0.15, -0.1) is 0 Å². The van der Waals surface area contributed by atoms with E-state index in [1.165, 1.54) is 7.11 Å². The highest BCUT2D eigenvalue weighted by atomic mass is 16.5. The van der Waals surface area contributed by atoms with Gasteiger partial charge in [0.25, 0.3) is 0 Å². The molecule has 1 heterocycles. The van der Waals surface area contributed by atoms with Gasteiger partial charge in [0.1, 0.15) is 0 Å². The summed E-state index contributed by atoms with van der Waals surface area (Å²) in [6.07, 6.45) is 1.97. The lowest BCUT2D eigenvalue weighted by Gasteiger charge is -2.27. The minimum atomic E-state index is -0.478. The van der Waals surface area contributed by atoms with E-state index in [0.717, 1.165) is 5.69 Å². The van der Waals surface area contributed by atoms with Crippen LogP contribution in [0.4, 0.5) is 0 Å². The maximum absolute atomic E-state index is 11.3. The van der Waals surface area contributed by atoms with Crippen molar-refractivity contribution in [1.29, 1.82) is 0 Å². The monoisotopic (exact) mass is 208 g/mol. The minimum Gasteiger partial charge on any atom is -0.469 e. The van der Waals surface area contributed by atoms with Crippen molar-refractivity contribution in [3.63, 3.8) is 0 Å². The van der Waals surface area contributed by atoms with Crippen molar-refractivity contribution in [3.05, 3.63) is 30.1 Å². The molecule has 0 bridgehead atoms. The first-order valence-corrected chi connectivity index (χ1v) is 4.79. The molecule has 1 rings (SSSR count). The van der Waals surface area contributed by atoms with Crippen LogP contribution in [-0.2, 0) is 15.1 Å². The molecule has 0 saturated carbocycles. The van der Waals surface area contributed by atoms with E-state index in [1.807, 2.05) is 25.1 Å². The van der Waals surface area contributed by atoms with Crippen LogP contribution in [-0.4, -0.2) is 25.1 Å². The van der Waals surface area contributed by atoms with Crippen LogP contribution < -0.4 is 5.32 Å². The van der Waals surface area contributed by atoms with Crippen molar-refractivity contribution in [2.75, 3.05) is 14.2 Å². The molecule has 0 radical (unpaired) electrons. The normalized spacial score (nSPS) is 14.3. The average Bonchev–Trinajstić information content (AvgIpc) is 2.30. The van der Waals surface area contributed by atoms with Crippen molar-refractivity contribution in [3.8, 4) is 0 Å². The zero-order chi connectivity index (χ0) is 11.3. The molecule has 4 heteroatoms. The molecule has 0 aromatic carbocycles. The zero-order valence-corrected chi connectivity index (χ0v) is 9.28. The number of carbonyl (C=O) groups excluding carboxylic acids is 1. The summed E-state index contributed by atoms with van der Waals surface area (Å²) in [5, 5.41) is 3.10. The Labute approximate surface area is 89.7 Å². The summed E-state index contributed by atoms with van der Waals surface area (Å²) in [5.74, 6) is -0.252. The lowest BCUT2D eigenvalue weighted by atomic mass is 9.93. The third-order valence-corrected chi connectivity index (χ3v) is 2.51. The highest BCUT2D eigenvalue weighted by Crippen LogP contribution is 2.22. The number of hydrogen-bond donors (Lipinski definition) is 1. The number of rotatable bonds is 4. The van der Waals surface area contributed by atoms with Crippen molar-refractivity contribution >= 4 is 5.97 Å². The van der Waals surface area contributed by atoms with Crippen LogP contribution in [0.3, 0.4) is 0 Å². The first kappa shape index (κ1) is 11.7. The molecule has 0 aliphatic rings. The van der Waals surface area contributed by atoms with E-state index in [1.54, 1.807) is 13.2 Å². The third-order valence-electron chi connectivity index (χ3n) is 2.51. The standard InChI is InChI=1S/C11H16N2O2/c1-11(12-2,8-10(14)15-3)9-6-4-5-7-13-9/h4-7,12H,8H2,1-3H3. The molecule has 1 aromatic rings. The van der Waals surface area contributed by atoms with E-state index in [9.17, 15) is 4.79 Å². The molecule has 1 atom stereocenters. The predicted molar refractivity (Wildman–Crippen MR) is 57.3 cm³/mol. The van der Waals surface area contributed by atoms with E-state index in [2.05, 4.69) is 15.0 Å². The van der Waals surface area contributed by atoms with Gasteiger partial charge >= 0.3 is 5.97 Å². The largest absolute Gasteiger partial charge is 0.469 e. The Morgan fingerprint density at radius 2 is 2.33 bits per heavy atom. The minimum absolute atomic E-state index is 0.252. The SMILES string of the molecule is CNC(C)(CC(=O)OC)c1ccccn1. The number of pyridine rings is 1. The van der Waals surface area contributed by atoms with Gasteiger partial charge in [-0.25, -0.2) is 0 Å². The van der Waals surface area contributed by atoms with Crippen molar-refractivity contribution in [1.82, 2.24) is 10.3 Å². The summed E-state index contributed by atoms with van der Waals surface area (Å²) in [5.41, 5.74) is 0.354. The number of nitrogens with one attached hydrogen (secondary N) is 1. The molecule has 0 fully saturated rings. The van der Waals surface area contributed by atoms with Gasteiger partial charge in [-0.2, -0.15) is 0 Å². The summed E-state index contributed by atoms with van der Waals surface area (Å²) in [7, 11) is 3.19. The van der Waals surface area contributed by atoms with E-state index in [-0.39, 0.29) is 12.4 Å². The number of aromatic nitrogens is 1. The number of hydrogen-bond acceptors (Lipinski definition) is 4. The Kier molecular flexibility index (Phi) is 3.80. The lowest BCUT2D eigenvalue weighted by Crippen LogP contribution is -2.40. The second kappa shape index (κ2) is 4.89. The van der Waals surface area contributed by atoms with Crippen LogP contribution in [0.15, 0.2) is 24.4 Å². The summed E-state index contributed by atoms with van der Waals surface area (Å²) in [4.78, 5) is 15.5. The fraction of sp³-hybridized carbons (Fsp3) is 0.455. The number of carbonyl (C=O) groups is 1. The van der Waals surface area contributed by atoms with Crippen molar-refractivity contribution in [2.24, 2.45) is 0 Å². The second-order valence-corrected chi connectivity index (χ2v) is 3.55. The van der Waals surface area contributed by atoms with E-state index < -0.39 is 5.54 Å². The van der Waals surface area contributed by atoms with Gasteiger partial charge in [-0.3, -0.25) is 9.78 Å². The Hall–Kier alpha value is -1.42. The van der Waals surface area contributed by atoms with Gasteiger partial charge < -0.3 is 10.1 Å². The Balaban J connectivity index is 2.90. The first-order chi connectivity index (χ1) is 7.12. The summed E-state index contributed by atoms with van der Waals surface area (Å²) >= 11 is 0. The molecule has 0 amide bonds. The number of nitrogens with zero attached hydrogens (tertiary/aromatic N) is 1. The fourth-order valence-electron chi connectivity index (χ4n) is 1.36. The smallest absolute Gasteiger partial charge is 0.307 e. The molecule has 82 valence electrons. The Bertz CT molecular complexity index is 327. The van der Waals surface area contributed by atoms with E-state index in [0.29, 0.717) is 0 Å². The number of esters is 1. The highest BCUT2D eigenvalue weighted by molar-refractivity contribution is 5.70. The Morgan fingerprint density at radius 3 is 2.80 bits per heavy atom. The van der Waals surface area contributed by atoms with Crippen molar-refractivity contribution < 1.29 is 9.53 Å². The summed E-state index contributed by atoms with van der Waals surface area (Å²) in [6.45, 7) is 1.92. The Morgan fingerprint density at radius 1 is 1.60 bits per heavy atom. The second-order valence-electron chi connectivity index (χ2n) is 3.55. The number of methoxy groups -OCH3 is 1. The fourth-order valence-corrected chi connectivity index (χ4v) is 1.36. The zero-order valence-electron chi connectivity index (χ0n) is 9.28. The molecular formula is C11H16N2O2. The maximum atomic E-state index is 11.3. The van der Waals surface area contributed by atoms with Gasteiger partial charge in [0.05, 0.1) is 24.8 Å². The quantitative estimate of drug-likeness (QED) is 0.752. The van der Waals surface area contributed by atoms with Crippen LogP contribution in [0, 0.1) is 0 Å². The molecule has 4 nitrogen and oxygen atoms in total. The molecule has 1 N–H and O–H groups in total. The number of ether oxygens (including phenoxy) is 1. The van der Waals surface area contributed by atoms with Gasteiger partial charge in [0.2, 0.25) is 0 Å². The molecular weight excluding hydrogens is 192 g/mol. The van der Waals surface area contributed by atoms with Gasteiger partial charge in [-0.1, -0.05) is 6.07 Å². The molecule has 1 aromatic heterocycles. The molecule has 0 aliphatic carbocycles. The highest BCUT2D eigenvalue weighted by Gasteiger charge is 2.29. The first-order valence-electron chi connectivity index (χ1n) is 4.79. The lowest BCUT2D eigenvalue weighted by molar-refractivity contribution is -0.142.